The third kappa shape index (κ3) is 3.35. The molecule has 0 N–H and O–H groups in total. The first kappa shape index (κ1) is 16.6. The first-order valence-electron chi connectivity index (χ1n) is 8.62. The van der Waals surface area contributed by atoms with E-state index in [2.05, 4.69) is 46.8 Å². The number of esters is 1. The van der Waals surface area contributed by atoms with Crippen molar-refractivity contribution >= 4 is 5.97 Å². The van der Waals surface area contributed by atoms with Crippen molar-refractivity contribution in [1.82, 2.24) is 0 Å². The Morgan fingerprint density at radius 1 is 1.29 bits per heavy atom. The Hall–Kier alpha value is -0.790. The lowest BCUT2D eigenvalue weighted by molar-refractivity contribution is -0.158. The topological polar surface area (TPSA) is 26.3 Å². The monoisotopic (exact) mass is 292 g/mol. The van der Waals surface area contributed by atoms with Gasteiger partial charge >= 0.3 is 5.97 Å². The van der Waals surface area contributed by atoms with Gasteiger partial charge in [-0.2, -0.15) is 0 Å². The molecule has 21 heavy (non-hydrogen) atoms. The Kier molecular flexibility index (Phi) is 4.85. The maximum absolute atomic E-state index is 12.6. The molecule has 2 aliphatic carbocycles. The summed E-state index contributed by atoms with van der Waals surface area (Å²) < 4.78 is 6.00. The minimum absolute atomic E-state index is 0.0350. The molecule has 2 aliphatic rings. The second kappa shape index (κ2) is 6.14. The standard InChI is InChI=1S/C19H32O2/c1-7-8-15-17(19(15,5)6)18(20)21-16-11-13(4)9-10-14(16)12(2)3/h7-8,12-17H,9-11H2,1-6H3/b8-7+. The van der Waals surface area contributed by atoms with Gasteiger partial charge in [0.15, 0.2) is 0 Å². The lowest BCUT2D eigenvalue weighted by Crippen LogP contribution is -2.36. The van der Waals surface area contributed by atoms with Gasteiger partial charge in [-0.25, -0.2) is 0 Å². The number of rotatable bonds is 4. The minimum Gasteiger partial charge on any atom is -0.462 e. The van der Waals surface area contributed by atoms with Crippen LogP contribution in [-0.2, 0) is 9.53 Å². The molecule has 120 valence electrons. The molecule has 2 saturated carbocycles. The lowest BCUT2D eigenvalue weighted by atomic mass is 9.75. The highest BCUT2D eigenvalue weighted by Gasteiger charge is 2.61. The molecule has 0 aromatic heterocycles. The van der Waals surface area contributed by atoms with Crippen molar-refractivity contribution < 1.29 is 9.53 Å². The highest BCUT2D eigenvalue weighted by Crippen LogP contribution is 2.59. The summed E-state index contributed by atoms with van der Waals surface area (Å²) in [6.45, 7) is 13.2. The van der Waals surface area contributed by atoms with Crippen LogP contribution in [0.25, 0.3) is 0 Å². The first-order chi connectivity index (χ1) is 9.78. The molecule has 0 aliphatic heterocycles. The molecule has 0 aromatic carbocycles. The van der Waals surface area contributed by atoms with Gasteiger partial charge in [-0.3, -0.25) is 4.79 Å². The van der Waals surface area contributed by atoms with Crippen molar-refractivity contribution in [2.45, 2.75) is 66.9 Å². The molecule has 2 nitrogen and oxygen atoms in total. The average molecular weight is 292 g/mol. The molecule has 0 radical (unpaired) electrons. The van der Waals surface area contributed by atoms with Crippen LogP contribution in [0.2, 0.25) is 0 Å². The molecule has 2 heteroatoms. The predicted octanol–water partition coefficient (Wildman–Crippen LogP) is 4.84. The fraction of sp³-hybridized carbons (Fsp3) is 0.842. The van der Waals surface area contributed by atoms with Crippen LogP contribution in [0.15, 0.2) is 12.2 Å². The Balaban J connectivity index is 2.01. The van der Waals surface area contributed by atoms with E-state index in [4.69, 9.17) is 4.74 Å². The molecule has 0 heterocycles. The Morgan fingerprint density at radius 2 is 1.95 bits per heavy atom. The van der Waals surface area contributed by atoms with E-state index in [1.807, 2.05) is 6.92 Å². The minimum atomic E-state index is 0.0350. The third-order valence-electron chi connectivity index (χ3n) is 5.79. The van der Waals surface area contributed by atoms with E-state index in [1.165, 1.54) is 12.8 Å². The molecular weight excluding hydrogens is 260 g/mol. The first-order valence-corrected chi connectivity index (χ1v) is 8.62. The van der Waals surface area contributed by atoms with E-state index in [0.717, 1.165) is 6.42 Å². The fourth-order valence-corrected chi connectivity index (χ4v) is 4.17. The van der Waals surface area contributed by atoms with Crippen LogP contribution < -0.4 is 0 Å². The van der Waals surface area contributed by atoms with E-state index in [1.54, 1.807) is 0 Å². The van der Waals surface area contributed by atoms with E-state index < -0.39 is 0 Å². The molecule has 2 rings (SSSR count). The van der Waals surface area contributed by atoms with Gasteiger partial charge in [0.1, 0.15) is 6.10 Å². The summed E-state index contributed by atoms with van der Waals surface area (Å²) in [5.74, 6) is 2.25. The fourth-order valence-electron chi connectivity index (χ4n) is 4.17. The maximum Gasteiger partial charge on any atom is 0.310 e. The van der Waals surface area contributed by atoms with E-state index in [9.17, 15) is 4.79 Å². The normalized spacial score (nSPS) is 38.7. The molecule has 0 spiro atoms. The van der Waals surface area contributed by atoms with Gasteiger partial charge in [0.2, 0.25) is 0 Å². The summed E-state index contributed by atoms with van der Waals surface area (Å²) in [5, 5.41) is 0. The van der Waals surface area contributed by atoms with Gasteiger partial charge in [-0.05, 0) is 48.9 Å². The van der Waals surface area contributed by atoms with Gasteiger partial charge in [0.25, 0.3) is 0 Å². The number of hydrogen-bond acceptors (Lipinski definition) is 2. The summed E-state index contributed by atoms with van der Waals surface area (Å²) >= 11 is 0. The molecule has 0 aromatic rings. The lowest BCUT2D eigenvalue weighted by Gasteiger charge is -2.36. The van der Waals surface area contributed by atoms with Crippen LogP contribution in [0.1, 0.15) is 60.8 Å². The van der Waals surface area contributed by atoms with Gasteiger partial charge in [0.05, 0.1) is 5.92 Å². The van der Waals surface area contributed by atoms with Crippen molar-refractivity contribution in [3.8, 4) is 0 Å². The van der Waals surface area contributed by atoms with Gasteiger partial charge in [0, 0.05) is 0 Å². The van der Waals surface area contributed by atoms with Crippen LogP contribution >= 0.6 is 0 Å². The van der Waals surface area contributed by atoms with Crippen molar-refractivity contribution in [2.24, 2.45) is 35.0 Å². The van der Waals surface area contributed by atoms with E-state index in [0.29, 0.717) is 23.7 Å². The number of hydrogen-bond donors (Lipinski definition) is 0. The molecule has 5 atom stereocenters. The van der Waals surface area contributed by atoms with E-state index in [-0.39, 0.29) is 23.4 Å². The van der Waals surface area contributed by atoms with Crippen LogP contribution in [0.5, 0.6) is 0 Å². The van der Waals surface area contributed by atoms with Crippen LogP contribution in [-0.4, -0.2) is 12.1 Å². The van der Waals surface area contributed by atoms with Crippen molar-refractivity contribution in [3.05, 3.63) is 12.2 Å². The second-order valence-corrected chi connectivity index (χ2v) is 8.15. The quantitative estimate of drug-likeness (QED) is 0.547. The molecule has 0 amide bonds. The van der Waals surface area contributed by atoms with Crippen molar-refractivity contribution in [3.63, 3.8) is 0 Å². The molecule has 5 unspecified atom stereocenters. The van der Waals surface area contributed by atoms with Crippen LogP contribution in [0.4, 0.5) is 0 Å². The summed E-state index contributed by atoms with van der Waals surface area (Å²) in [6, 6.07) is 0. The zero-order chi connectivity index (χ0) is 15.8. The third-order valence-corrected chi connectivity index (χ3v) is 5.79. The number of carbonyl (C=O) groups excluding carboxylic acids is 1. The molecule has 2 fully saturated rings. The Bertz CT molecular complexity index is 408. The van der Waals surface area contributed by atoms with Crippen molar-refractivity contribution in [2.75, 3.05) is 0 Å². The van der Waals surface area contributed by atoms with Crippen LogP contribution in [0, 0.1) is 35.0 Å². The SMILES string of the molecule is C/C=C/C1C(C(=O)OC2CC(C)CCC2C(C)C)C1(C)C. The Labute approximate surface area is 130 Å². The summed E-state index contributed by atoms with van der Waals surface area (Å²) in [4.78, 5) is 12.6. The van der Waals surface area contributed by atoms with Crippen LogP contribution in [0.3, 0.4) is 0 Å². The smallest absolute Gasteiger partial charge is 0.310 e. The molecular formula is C19H32O2. The molecule has 0 bridgehead atoms. The highest BCUT2D eigenvalue weighted by molar-refractivity contribution is 5.78. The summed E-state index contributed by atoms with van der Waals surface area (Å²) in [5.41, 5.74) is 0.0667. The average Bonchev–Trinajstić information content (AvgIpc) is 2.91. The van der Waals surface area contributed by atoms with Gasteiger partial charge in [-0.15, -0.1) is 0 Å². The largest absolute Gasteiger partial charge is 0.462 e. The number of carbonyl (C=O) groups is 1. The zero-order valence-corrected chi connectivity index (χ0v) is 14.6. The summed E-state index contributed by atoms with van der Waals surface area (Å²) in [6.07, 6.45) is 7.85. The Morgan fingerprint density at radius 3 is 2.52 bits per heavy atom. The van der Waals surface area contributed by atoms with Crippen molar-refractivity contribution in [1.29, 1.82) is 0 Å². The predicted molar refractivity (Wildman–Crippen MR) is 86.8 cm³/mol. The van der Waals surface area contributed by atoms with Gasteiger partial charge in [-0.1, -0.05) is 53.2 Å². The number of allylic oxidation sites excluding steroid dienone is 2. The zero-order valence-electron chi connectivity index (χ0n) is 14.6. The second-order valence-electron chi connectivity index (χ2n) is 8.15. The maximum atomic E-state index is 12.6. The van der Waals surface area contributed by atoms with Gasteiger partial charge < -0.3 is 4.74 Å². The summed E-state index contributed by atoms with van der Waals surface area (Å²) in [7, 11) is 0. The van der Waals surface area contributed by atoms with E-state index >= 15 is 0 Å². The highest BCUT2D eigenvalue weighted by atomic mass is 16.5. The molecule has 0 saturated heterocycles. The number of ether oxygens (including phenoxy) is 1.